The fourth-order valence-corrected chi connectivity index (χ4v) is 3.60. The molecule has 6 nitrogen and oxygen atoms in total. The van der Waals surface area contributed by atoms with Crippen LogP contribution in [0.3, 0.4) is 0 Å². The molecule has 1 saturated heterocycles. The van der Waals surface area contributed by atoms with Gasteiger partial charge in [0.1, 0.15) is 42.4 Å². The van der Waals surface area contributed by atoms with Crippen LogP contribution in [0.5, 0.6) is 0 Å². The first-order chi connectivity index (χ1) is 13.1. The van der Waals surface area contributed by atoms with Crippen LogP contribution in [0.25, 0.3) is 27.9 Å². The lowest BCUT2D eigenvalue weighted by Crippen LogP contribution is -2.21. The Morgan fingerprint density at radius 2 is 2.11 bits per heavy atom. The number of allylic oxidation sites excluding steroid dienone is 1. The molecule has 1 fully saturated rings. The molecule has 0 bridgehead atoms. The molecule has 4 heterocycles. The Hall–Kier alpha value is -3.16. The number of hydrogen-bond acceptors (Lipinski definition) is 4. The SMILES string of the molecule is C[N+]1=CC(c2cc3c(-c4cc(N5CCC(F)C5)ncn4)n[nH]c3cc2F)=C1. The van der Waals surface area contributed by atoms with Gasteiger partial charge in [0.25, 0.3) is 0 Å². The Kier molecular flexibility index (Phi) is 3.53. The van der Waals surface area contributed by atoms with E-state index in [9.17, 15) is 8.78 Å². The fourth-order valence-electron chi connectivity index (χ4n) is 3.60. The summed E-state index contributed by atoms with van der Waals surface area (Å²) in [4.78, 5) is 10.5. The molecular weight excluding hydrogens is 350 g/mol. The van der Waals surface area contributed by atoms with Crippen LogP contribution >= 0.6 is 0 Å². The second-order valence-electron chi connectivity index (χ2n) is 6.92. The van der Waals surface area contributed by atoms with Gasteiger partial charge in [-0.2, -0.15) is 5.10 Å². The molecule has 1 atom stereocenters. The number of H-pyrrole nitrogens is 1. The number of hydrogen-bond donors (Lipinski definition) is 1. The molecule has 136 valence electrons. The van der Waals surface area contributed by atoms with Crippen molar-refractivity contribution in [2.75, 3.05) is 25.0 Å². The second kappa shape index (κ2) is 5.94. The third kappa shape index (κ3) is 2.68. The lowest BCUT2D eigenvalue weighted by Gasteiger charge is -2.16. The van der Waals surface area contributed by atoms with Gasteiger partial charge in [0.2, 0.25) is 0 Å². The zero-order chi connectivity index (χ0) is 18.5. The largest absolute Gasteiger partial charge is 0.353 e. The summed E-state index contributed by atoms with van der Waals surface area (Å²) in [6.07, 6.45) is 4.87. The van der Waals surface area contributed by atoms with Crippen LogP contribution < -0.4 is 4.90 Å². The van der Waals surface area contributed by atoms with Crippen molar-refractivity contribution in [1.82, 2.24) is 20.2 Å². The standard InChI is InChI=1S/C19H17F2N6/c1-26-7-11(8-26)13-4-14-16(5-15(13)21)24-25-19(14)17-6-18(23-10-22-17)27-3-2-12(20)9-27/h4-8,10,12H,2-3,9H2,1H3,(H,24,25)/q+1. The minimum Gasteiger partial charge on any atom is -0.353 e. The molecule has 1 N–H and O–H groups in total. The summed E-state index contributed by atoms with van der Waals surface area (Å²) in [5.41, 5.74) is 3.20. The van der Waals surface area contributed by atoms with Crippen LogP contribution in [0.4, 0.5) is 14.6 Å². The van der Waals surface area contributed by atoms with E-state index in [4.69, 9.17) is 0 Å². The van der Waals surface area contributed by atoms with Crippen molar-refractivity contribution in [3.63, 3.8) is 0 Å². The number of aromatic nitrogens is 4. The van der Waals surface area contributed by atoms with Crippen molar-refractivity contribution < 1.29 is 13.4 Å². The molecule has 1 unspecified atom stereocenters. The molecule has 2 aliphatic rings. The first-order valence-corrected chi connectivity index (χ1v) is 8.76. The van der Waals surface area contributed by atoms with Crippen LogP contribution in [-0.4, -0.2) is 57.3 Å². The van der Waals surface area contributed by atoms with Gasteiger partial charge < -0.3 is 4.90 Å². The quantitative estimate of drug-likeness (QED) is 0.723. The number of rotatable bonds is 3. The summed E-state index contributed by atoms with van der Waals surface area (Å²) in [5.74, 6) is 0.373. The predicted molar refractivity (Wildman–Crippen MR) is 99.0 cm³/mol. The minimum absolute atomic E-state index is 0.303. The predicted octanol–water partition coefficient (Wildman–Crippen LogP) is 2.77. The van der Waals surface area contributed by atoms with E-state index in [1.54, 1.807) is 12.1 Å². The van der Waals surface area contributed by atoms with Crippen LogP contribution in [0.15, 0.2) is 30.7 Å². The van der Waals surface area contributed by atoms with Crippen molar-refractivity contribution in [3.8, 4) is 11.4 Å². The topological polar surface area (TPSA) is 60.7 Å². The highest BCUT2D eigenvalue weighted by molar-refractivity contribution is 6.11. The highest BCUT2D eigenvalue weighted by Crippen LogP contribution is 2.31. The first kappa shape index (κ1) is 16.0. The second-order valence-corrected chi connectivity index (χ2v) is 6.92. The van der Waals surface area contributed by atoms with Crippen LogP contribution in [-0.2, 0) is 0 Å². The Morgan fingerprint density at radius 1 is 1.26 bits per heavy atom. The highest BCUT2D eigenvalue weighted by atomic mass is 19.1. The maximum absolute atomic E-state index is 14.4. The van der Waals surface area contributed by atoms with Crippen molar-refractivity contribution in [3.05, 3.63) is 42.1 Å². The van der Waals surface area contributed by atoms with E-state index in [1.165, 1.54) is 12.4 Å². The van der Waals surface area contributed by atoms with Gasteiger partial charge in [-0.15, -0.1) is 0 Å². The van der Waals surface area contributed by atoms with Crippen molar-refractivity contribution in [2.24, 2.45) is 0 Å². The number of nitrogens with zero attached hydrogens (tertiary/aromatic N) is 5. The molecule has 8 heteroatoms. The van der Waals surface area contributed by atoms with Gasteiger partial charge in [-0.1, -0.05) is 0 Å². The molecule has 2 aromatic heterocycles. The molecule has 3 aromatic rings. The maximum Gasteiger partial charge on any atom is 0.182 e. The number of fused-ring (bicyclic) bond motifs is 1. The van der Waals surface area contributed by atoms with E-state index in [2.05, 4.69) is 20.2 Å². The lowest BCUT2D eigenvalue weighted by atomic mass is 10.0. The molecule has 0 saturated carbocycles. The zero-order valence-electron chi connectivity index (χ0n) is 14.7. The number of alkyl halides is 1. The average molecular weight is 367 g/mol. The summed E-state index contributed by atoms with van der Waals surface area (Å²) in [7, 11) is 1.89. The summed E-state index contributed by atoms with van der Waals surface area (Å²) in [6, 6.07) is 5.04. The van der Waals surface area contributed by atoms with E-state index >= 15 is 0 Å². The number of anilines is 1. The zero-order valence-corrected chi connectivity index (χ0v) is 14.7. The monoisotopic (exact) mass is 367 g/mol. The average Bonchev–Trinajstić information content (AvgIpc) is 3.24. The van der Waals surface area contributed by atoms with Gasteiger partial charge in [0, 0.05) is 29.6 Å². The van der Waals surface area contributed by atoms with Crippen LogP contribution in [0.1, 0.15) is 12.0 Å². The van der Waals surface area contributed by atoms with E-state index < -0.39 is 6.17 Å². The smallest absolute Gasteiger partial charge is 0.182 e. The third-order valence-corrected chi connectivity index (χ3v) is 5.00. The van der Waals surface area contributed by atoms with E-state index in [0.717, 1.165) is 11.0 Å². The van der Waals surface area contributed by atoms with Gasteiger partial charge in [-0.25, -0.2) is 23.3 Å². The fraction of sp³-hybridized carbons (Fsp3) is 0.263. The van der Waals surface area contributed by atoms with Gasteiger partial charge >= 0.3 is 0 Å². The third-order valence-electron chi connectivity index (χ3n) is 5.00. The van der Waals surface area contributed by atoms with Gasteiger partial charge in [-0.05, 0) is 12.5 Å². The first-order valence-electron chi connectivity index (χ1n) is 8.76. The van der Waals surface area contributed by atoms with Crippen LogP contribution in [0.2, 0.25) is 0 Å². The van der Waals surface area contributed by atoms with E-state index in [0.29, 0.717) is 47.8 Å². The molecular formula is C19H17F2N6+. The van der Waals surface area contributed by atoms with Gasteiger partial charge in [0.05, 0.1) is 17.8 Å². The van der Waals surface area contributed by atoms with E-state index in [1.807, 2.05) is 28.9 Å². The molecule has 27 heavy (non-hydrogen) atoms. The Labute approximate surface area is 153 Å². The molecule has 1 aromatic carbocycles. The number of nitrogens with one attached hydrogen (secondary N) is 1. The number of halogens is 2. The minimum atomic E-state index is -0.828. The number of aromatic amines is 1. The normalized spacial score (nSPS) is 19.2. The number of benzene rings is 1. The van der Waals surface area contributed by atoms with Crippen molar-refractivity contribution in [2.45, 2.75) is 12.6 Å². The summed E-state index contributed by atoms with van der Waals surface area (Å²) >= 11 is 0. The lowest BCUT2D eigenvalue weighted by molar-refractivity contribution is -0.423. The van der Waals surface area contributed by atoms with E-state index in [-0.39, 0.29) is 5.82 Å². The van der Waals surface area contributed by atoms with Gasteiger partial charge in [0.15, 0.2) is 12.4 Å². The molecule has 0 amide bonds. The Morgan fingerprint density at radius 3 is 2.85 bits per heavy atom. The van der Waals surface area contributed by atoms with Gasteiger partial charge in [-0.3, -0.25) is 5.10 Å². The van der Waals surface area contributed by atoms with Crippen LogP contribution in [0, 0.1) is 5.82 Å². The molecule has 0 radical (unpaired) electrons. The summed E-state index contributed by atoms with van der Waals surface area (Å²) in [6.45, 7) is 0.969. The molecule has 0 aliphatic carbocycles. The summed E-state index contributed by atoms with van der Waals surface area (Å²) in [5, 5.41) is 7.99. The Balaban J connectivity index is 1.57. The van der Waals surface area contributed by atoms with Crippen molar-refractivity contribution in [1.29, 1.82) is 0 Å². The highest BCUT2D eigenvalue weighted by Gasteiger charge is 2.24. The molecule has 0 spiro atoms. The molecule has 5 rings (SSSR count). The maximum atomic E-state index is 14.4. The molecule has 2 aliphatic heterocycles. The summed E-state index contributed by atoms with van der Waals surface area (Å²) < 4.78 is 29.8. The van der Waals surface area contributed by atoms with Crippen molar-refractivity contribution >= 4 is 28.5 Å². The Bertz CT molecular complexity index is 1120.